The van der Waals surface area contributed by atoms with Crippen LogP contribution in [0.25, 0.3) is 0 Å². The van der Waals surface area contributed by atoms with Gasteiger partial charge in [0.05, 0.1) is 10.8 Å². The molecule has 1 atom stereocenters. The summed E-state index contributed by atoms with van der Waals surface area (Å²) in [5, 5.41) is 0. The average molecular weight is 336 g/mol. The lowest BCUT2D eigenvalue weighted by atomic mass is 9.97. The van der Waals surface area contributed by atoms with Crippen LogP contribution in [0.5, 0.6) is 5.75 Å². The number of hydrogen-bond donors (Lipinski definition) is 0. The fraction of sp³-hybridized carbons (Fsp3) is 0.579. The Hall–Kier alpha value is -2.04. The summed E-state index contributed by atoms with van der Waals surface area (Å²) in [4.78, 5) is 24.0. The van der Waals surface area contributed by atoms with Crippen LogP contribution in [0.4, 0.5) is 0 Å². The summed E-state index contributed by atoms with van der Waals surface area (Å²) in [7, 11) is 0. The quantitative estimate of drug-likeness (QED) is 0.743. The van der Waals surface area contributed by atoms with E-state index in [0.29, 0.717) is 5.75 Å². The summed E-state index contributed by atoms with van der Waals surface area (Å²) in [5.41, 5.74) is -1.25. The first-order valence-corrected chi connectivity index (χ1v) is 8.06. The van der Waals surface area contributed by atoms with Gasteiger partial charge < -0.3 is 14.2 Å². The number of rotatable bonds is 6. The van der Waals surface area contributed by atoms with Crippen molar-refractivity contribution in [1.29, 1.82) is 0 Å². The smallest absolute Gasteiger partial charge is 0.311 e. The Morgan fingerprint density at radius 1 is 0.875 bits per heavy atom. The maximum atomic E-state index is 12.1. The van der Waals surface area contributed by atoms with Crippen molar-refractivity contribution in [2.45, 2.75) is 47.6 Å². The van der Waals surface area contributed by atoms with E-state index in [4.69, 9.17) is 14.2 Å². The van der Waals surface area contributed by atoms with E-state index in [0.717, 1.165) is 0 Å². The van der Waals surface area contributed by atoms with Crippen LogP contribution < -0.4 is 4.74 Å². The third kappa shape index (κ3) is 7.02. The van der Waals surface area contributed by atoms with Crippen molar-refractivity contribution < 1.29 is 23.8 Å². The lowest BCUT2D eigenvalue weighted by molar-refractivity contribution is -0.170. The highest BCUT2D eigenvalue weighted by Gasteiger charge is 2.29. The average Bonchev–Trinajstić information content (AvgIpc) is 2.48. The normalized spacial score (nSPS) is 13.1. The van der Waals surface area contributed by atoms with Gasteiger partial charge in [0, 0.05) is 0 Å². The van der Waals surface area contributed by atoms with E-state index in [9.17, 15) is 9.59 Å². The second-order valence-electron chi connectivity index (χ2n) is 7.75. The molecule has 0 radical (unpaired) electrons. The molecule has 24 heavy (non-hydrogen) atoms. The van der Waals surface area contributed by atoms with Crippen molar-refractivity contribution in [3.8, 4) is 5.75 Å². The fourth-order valence-electron chi connectivity index (χ4n) is 1.54. The maximum absolute atomic E-state index is 12.1. The van der Waals surface area contributed by atoms with Gasteiger partial charge in [0.25, 0.3) is 0 Å². The van der Waals surface area contributed by atoms with Crippen LogP contribution in [-0.2, 0) is 19.1 Å². The molecule has 134 valence electrons. The van der Waals surface area contributed by atoms with Crippen molar-refractivity contribution in [3.05, 3.63) is 30.3 Å². The topological polar surface area (TPSA) is 61.8 Å². The predicted molar refractivity (Wildman–Crippen MR) is 91.7 cm³/mol. The Kier molecular flexibility index (Phi) is 6.81. The monoisotopic (exact) mass is 336 g/mol. The Labute approximate surface area is 144 Å². The van der Waals surface area contributed by atoms with E-state index >= 15 is 0 Å². The molecule has 0 unspecified atom stereocenters. The van der Waals surface area contributed by atoms with Gasteiger partial charge in [-0.15, -0.1) is 0 Å². The number of hydrogen-bond acceptors (Lipinski definition) is 5. The van der Waals surface area contributed by atoms with Crippen molar-refractivity contribution in [2.24, 2.45) is 10.8 Å². The van der Waals surface area contributed by atoms with Gasteiger partial charge in [-0.1, -0.05) is 18.2 Å². The molecule has 0 heterocycles. The summed E-state index contributed by atoms with van der Waals surface area (Å²) < 4.78 is 16.4. The minimum Gasteiger partial charge on any atom is -0.490 e. The Morgan fingerprint density at radius 2 is 1.42 bits per heavy atom. The van der Waals surface area contributed by atoms with Gasteiger partial charge in [-0.2, -0.15) is 0 Å². The van der Waals surface area contributed by atoms with E-state index in [-0.39, 0.29) is 25.2 Å². The molecule has 1 rings (SSSR count). The van der Waals surface area contributed by atoms with Crippen molar-refractivity contribution in [1.82, 2.24) is 0 Å². The van der Waals surface area contributed by atoms with Gasteiger partial charge in [-0.25, -0.2) is 0 Å². The Morgan fingerprint density at radius 3 is 1.92 bits per heavy atom. The number of esters is 2. The molecule has 0 aliphatic rings. The first kappa shape index (κ1) is 20.0. The largest absolute Gasteiger partial charge is 0.490 e. The molecule has 1 aromatic rings. The standard InChI is InChI=1S/C19H28O5/c1-18(2,3)16(20)23-13-15(24-17(21)19(4,5)6)12-22-14-10-8-7-9-11-14/h7-11,15H,12-13H2,1-6H3/t15-/m0/s1. The van der Waals surface area contributed by atoms with Crippen LogP contribution in [0.2, 0.25) is 0 Å². The third-order valence-corrected chi connectivity index (χ3v) is 3.08. The molecule has 0 saturated heterocycles. The molecule has 0 N–H and O–H groups in total. The van der Waals surface area contributed by atoms with E-state index in [1.165, 1.54) is 0 Å². The summed E-state index contributed by atoms with van der Waals surface area (Å²) in [5.74, 6) is -0.0496. The lowest BCUT2D eigenvalue weighted by Gasteiger charge is -2.25. The summed E-state index contributed by atoms with van der Waals surface area (Å²) in [6, 6.07) is 9.21. The molecule has 0 saturated carbocycles. The minimum atomic E-state index is -0.664. The van der Waals surface area contributed by atoms with Crippen molar-refractivity contribution in [3.63, 3.8) is 0 Å². The summed E-state index contributed by atoms with van der Waals surface area (Å²) >= 11 is 0. The fourth-order valence-corrected chi connectivity index (χ4v) is 1.54. The third-order valence-electron chi connectivity index (χ3n) is 3.08. The van der Waals surface area contributed by atoms with Crippen molar-refractivity contribution in [2.75, 3.05) is 13.2 Å². The van der Waals surface area contributed by atoms with Gasteiger partial charge in [0.2, 0.25) is 0 Å². The maximum Gasteiger partial charge on any atom is 0.311 e. The second-order valence-corrected chi connectivity index (χ2v) is 7.75. The van der Waals surface area contributed by atoms with Gasteiger partial charge in [-0.3, -0.25) is 9.59 Å². The minimum absolute atomic E-state index is 0.0369. The van der Waals surface area contributed by atoms with Gasteiger partial charge in [-0.05, 0) is 53.7 Å². The number of para-hydroxylation sites is 1. The highest BCUT2D eigenvalue weighted by atomic mass is 16.6. The Bertz CT molecular complexity index is 537. The zero-order valence-corrected chi connectivity index (χ0v) is 15.4. The number of carbonyl (C=O) groups is 2. The number of carbonyl (C=O) groups excluding carboxylic acids is 2. The summed E-state index contributed by atoms with van der Waals surface area (Å²) in [6.07, 6.45) is -0.664. The lowest BCUT2D eigenvalue weighted by Crippen LogP contribution is -2.36. The molecule has 5 nitrogen and oxygen atoms in total. The van der Waals surface area contributed by atoms with Crippen LogP contribution in [0.15, 0.2) is 30.3 Å². The molecule has 0 spiro atoms. The van der Waals surface area contributed by atoms with Crippen LogP contribution in [0.1, 0.15) is 41.5 Å². The zero-order chi connectivity index (χ0) is 18.4. The van der Waals surface area contributed by atoms with Crippen LogP contribution in [0, 0.1) is 10.8 Å². The van der Waals surface area contributed by atoms with Crippen LogP contribution in [-0.4, -0.2) is 31.3 Å². The molecule has 1 aromatic carbocycles. The van der Waals surface area contributed by atoms with Crippen LogP contribution >= 0.6 is 0 Å². The van der Waals surface area contributed by atoms with E-state index in [2.05, 4.69) is 0 Å². The predicted octanol–water partition coefficient (Wildman–Crippen LogP) is 3.61. The van der Waals surface area contributed by atoms with Crippen molar-refractivity contribution >= 4 is 11.9 Å². The van der Waals surface area contributed by atoms with Gasteiger partial charge >= 0.3 is 11.9 Å². The number of ether oxygens (including phenoxy) is 3. The van der Waals surface area contributed by atoms with Gasteiger partial charge in [0.1, 0.15) is 19.0 Å². The van der Waals surface area contributed by atoms with E-state index < -0.39 is 16.9 Å². The first-order chi connectivity index (χ1) is 11.0. The molecular weight excluding hydrogens is 308 g/mol. The zero-order valence-electron chi connectivity index (χ0n) is 15.4. The molecule has 0 amide bonds. The second kappa shape index (κ2) is 8.18. The molecule has 0 aromatic heterocycles. The Balaban J connectivity index is 2.68. The van der Waals surface area contributed by atoms with Crippen LogP contribution in [0.3, 0.4) is 0 Å². The molecule has 0 aliphatic carbocycles. The highest BCUT2D eigenvalue weighted by molar-refractivity contribution is 5.76. The van der Waals surface area contributed by atoms with Gasteiger partial charge in [0.15, 0.2) is 6.10 Å². The van der Waals surface area contributed by atoms with E-state index in [1.807, 2.05) is 30.3 Å². The molecule has 0 bridgehead atoms. The molecular formula is C19H28O5. The van der Waals surface area contributed by atoms with E-state index in [1.54, 1.807) is 41.5 Å². The molecule has 0 aliphatic heterocycles. The summed E-state index contributed by atoms with van der Waals surface area (Å²) in [6.45, 7) is 10.7. The first-order valence-electron chi connectivity index (χ1n) is 8.06. The number of benzene rings is 1. The molecule has 5 heteroatoms. The SMILES string of the molecule is CC(C)(C)C(=O)OC[C@H](COc1ccccc1)OC(=O)C(C)(C)C. The molecule has 0 fully saturated rings. The highest BCUT2D eigenvalue weighted by Crippen LogP contribution is 2.19.